The topological polar surface area (TPSA) is 71.4 Å². The Morgan fingerprint density at radius 1 is 1.15 bits per heavy atom. The van der Waals surface area contributed by atoms with Crippen molar-refractivity contribution in [1.82, 2.24) is 9.91 Å². The number of benzene rings is 1. The van der Waals surface area contributed by atoms with Crippen LogP contribution < -0.4 is 9.47 Å². The molecule has 2 amide bonds. The zero-order valence-corrected chi connectivity index (χ0v) is 16.4. The van der Waals surface area contributed by atoms with E-state index in [2.05, 4.69) is 0 Å². The van der Waals surface area contributed by atoms with Crippen LogP contribution in [0.2, 0.25) is 0 Å². The molecule has 1 atom stereocenters. The molecule has 2 aliphatic rings. The van der Waals surface area contributed by atoms with Crippen LogP contribution in [0.1, 0.15) is 38.7 Å². The van der Waals surface area contributed by atoms with Gasteiger partial charge in [-0.05, 0) is 31.0 Å². The van der Waals surface area contributed by atoms with E-state index in [-0.39, 0.29) is 23.8 Å². The zero-order chi connectivity index (χ0) is 19.6. The average Bonchev–Trinajstić information content (AvgIpc) is 2.67. The molecule has 146 valence electrons. The summed E-state index contributed by atoms with van der Waals surface area (Å²) < 4.78 is 10.7. The highest BCUT2D eigenvalue weighted by Crippen LogP contribution is 2.31. The second kappa shape index (κ2) is 7.98. The SMILES string of the molecule is COc1ccc(C2=NN(C3CCN(C(C)=O)CC3)C(=O)CC2C)cc1OC. The summed E-state index contributed by atoms with van der Waals surface area (Å²) in [4.78, 5) is 26.0. The van der Waals surface area contributed by atoms with Gasteiger partial charge in [-0.3, -0.25) is 9.59 Å². The maximum Gasteiger partial charge on any atom is 0.243 e. The van der Waals surface area contributed by atoms with Gasteiger partial charge in [-0.25, -0.2) is 5.01 Å². The van der Waals surface area contributed by atoms with E-state index >= 15 is 0 Å². The number of nitrogens with zero attached hydrogens (tertiary/aromatic N) is 3. The van der Waals surface area contributed by atoms with Gasteiger partial charge < -0.3 is 14.4 Å². The fourth-order valence-corrected chi connectivity index (χ4v) is 3.77. The summed E-state index contributed by atoms with van der Waals surface area (Å²) in [6.45, 7) is 4.94. The van der Waals surface area contributed by atoms with Crippen molar-refractivity contribution in [1.29, 1.82) is 0 Å². The van der Waals surface area contributed by atoms with Crippen LogP contribution in [0.5, 0.6) is 11.5 Å². The van der Waals surface area contributed by atoms with Crippen molar-refractivity contribution in [3.8, 4) is 11.5 Å². The van der Waals surface area contributed by atoms with Crippen LogP contribution >= 0.6 is 0 Å². The number of hydrogen-bond donors (Lipinski definition) is 0. The predicted octanol–water partition coefficient (Wildman–Crippen LogP) is 2.29. The Balaban J connectivity index is 1.86. The first-order valence-electron chi connectivity index (χ1n) is 9.33. The third-order valence-corrected chi connectivity index (χ3v) is 5.35. The van der Waals surface area contributed by atoms with Crippen molar-refractivity contribution in [2.45, 2.75) is 39.2 Å². The highest BCUT2D eigenvalue weighted by Gasteiger charge is 2.34. The van der Waals surface area contributed by atoms with E-state index in [1.54, 1.807) is 26.2 Å². The molecule has 0 aliphatic carbocycles. The lowest BCUT2D eigenvalue weighted by atomic mass is 9.92. The summed E-state index contributed by atoms with van der Waals surface area (Å²) in [6.07, 6.45) is 1.94. The van der Waals surface area contributed by atoms with E-state index in [4.69, 9.17) is 14.6 Å². The number of carbonyl (C=O) groups is 2. The van der Waals surface area contributed by atoms with Crippen LogP contribution in [0.3, 0.4) is 0 Å². The quantitative estimate of drug-likeness (QED) is 0.812. The summed E-state index contributed by atoms with van der Waals surface area (Å²) in [7, 11) is 3.21. The number of ether oxygens (including phenoxy) is 2. The number of likely N-dealkylation sites (tertiary alicyclic amines) is 1. The zero-order valence-electron chi connectivity index (χ0n) is 16.4. The fraction of sp³-hybridized carbons (Fsp3) is 0.550. The molecule has 0 aromatic heterocycles. The molecule has 0 radical (unpaired) electrons. The molecule has 1 saturated heterocycles. The lowest BCUT2D eigenvalue weighted by Crippen LogP contribution is -2.48. The number of rotatable bonds is 4. The number of hydrazone groups is 1. The maximum absolute atomic E-state index is 12.6. The number of piperidine rings is 1. The number of carbonyl (C=O) groups excluding carboxylic acids is 2. The molecule has 7 nitrogen and oxygen atoms in total. The van der Waals surface area contributed by atoms with E-state index < -0.39 is 0 Å². The molecule has 1 aromatic rings. The van der Waals surface area contributed by atoms with Gasteiger partial charge in [0.1, 0.15) is 0 Å². The molecule has 1 unspecified atom stereocenters. The third-order valence-electron chi connectivity index (χ3n) is 5.35. The molecule has 27 heavy (non-hydrogen) atoms. The first kappa shape index (κ1) is 19.2. The van der Waals surface area contributed by atoms with Crippen molar-refractivity contribution in [3.63, 3.8) is 0 Å². The molecule has 3 rings (SSSR count). The maximum atomic E-state index is 12.6. The van der Waals surface area contributed by atoms with Gasteiger partial charge in [0, 0.05) is 37.9 Å². The van der Waals surface area contributed by atoms with Gasteiger partial charge in [-0.15, -0.1) is 0 Å². The van der Waals surface area contributed by atoms with E-state index in [0.29, 0.717) is 31.0 Å². The van der Waals surface area contributed by atoms with Crippen LogP contribution in [0.25, 0.3) is 0 Å². The minimum Gasteiger partial charge on any atom is -0.493 e. The Hall–Kier alpha value is -2.57. The van der Waals surface area contributed by atoms with E-state index in [0.717, 1.165) is 24.1 Å². The molecule has 1 fully saturated rings. The van der Waals surface area contributed by atoms with Gasteiger partial charge in [0.15, 0.2) is 11.5 Å². The standard InChI is InChI=1S/C20H27N3O4/c1-13-11-19(25)23(16-7-9-22(10-8-16)14(2)24)21-20(13)15-5-6-17(26-3)18(12-15)27-4/h5-6,12-13,16H,7-11H2,1-4H3. The molecule has 0 saturated carbocycles. The summed E-state index contributed by atoms with van der Waals surface area (Å²) in [5.41, 5.74) is 1.81. The predicted molar refractivity (Wildman–Crippen MR) is 102 cm³/mol. The Bertz CT molecular complexity index is 754. The molecule has 1 aromatic carbocycles. The first-order valence-corrected chi connectivity index (χ1v) is 9.33. The Morgan fingerprint density at radius 3 is 2.41 bits per heavy atom. The largest absolute Gasteiger partial charge is 0.493 e. The van der Waals surface area contributed by atoms with Crippen molar-refractivity contribution in [2.75, 3.05) is 27.3 Å². The Kier molecular flexibility index (Phi) is 5.68. The van der Waals surface area contributed by atoms with Gasteiger partial charge in [0.2, 0.25) is 11.8 Å². The summed E-state index contributed by atoms with van der Waals surface area (Å²) in [5, 5.41) is 6.38. The van der Waals surface area contributed by atoms with Gasteiger partial charge in [0.25, 0.3) is 0 Å². The number of hydrogen-bond acceptors (Lipinski definition) is 5. The Morgan fingerprint density at radius 2 is 1.81 bits per heavy atom. The Labute approximate surface area is 159 Å². The summed E-state index contributed by atoms with van der Waals surface area (Å²) in [5.74, 6) is 1.47. The van der Waals surface area contributed by atoms with E-state index in [9.17, 15) is 9.59 Å². The molecule has 7 heteroatoms. The summed E-state index contributed by atoms with van der Waals surface area (Å²) in [6, 6.07) is 5.75. The third kappa shape index (κ3) is 3.91. The highest BCUT2D eigenvalue weighted by atomic mass is 16.5. The van der Waals surface area contributed by atoms with Crippen molar-refractivity contribution in [2.24, 2.45) is 11.0 Å². The molecular formula is C20H27N3O4. The average molecular weight is 373 g/mol. The number of amides is 2. The molecule has 2 heterocycles. The first-order chi connectivity index (χ1) is 12.9. The van der Waals surface area contributed by atoms with Crippen LogP contribution in [-0.2, 0) is 9.59 Å². The lowest BCUT2D eigenvalue weighted by molar-refractivity contribution is -0.137. The van der Waals surface area contributed by atoms with E-state index in [1.807, 2.05) is 30.0 Å². The summed E-state index contributed by atoms with van der Waals surface area (Å²) >= 11 is 0. The molecular weight excluding hydrogens is 346 g/mol. The molecule has 2 aliphatic heterocycles. The smallest absolute Gasteiger partial charge is 0.243 e. The van der Waals surface area contributed by atoms with Crippen molar-refractivity contribution >= 4 is 17.5 Å². The normalized spacial score (nSPS) is 21.1. The van der Waals surface area contributed by atoms with Gasteiger partial charge in [-0.2, -0.15) is 5.10 Å². The fourth-order valence-electron chi connectivity index (χ4n) is 3.77. The van der Waals surface area contributed by atoms with Crippen LogP contribution in [-0.4, -0.2) is 60.8 Å². The van der Waals surface area contributed by atoms with Crippen molar-refractivity contribution in [3.05, 3.63) is 23.8 Å². The van der Waals surface area contributed by atoms with E-state index in [1.165, 1.54) is 0 Å². The molecule has 0 bridgehead atoms. The minimum absolute atomic E-state index is 0.0316. The second-order valence-corrected chi connectivity index (χ2v) is 7.14. The molecule has 0 N–H and O–H groups in total. The van der Waals surface area contributed by atoms with Crippen LogP contribution in [0.4, 0.5) is 0 Å². The van der Waals surface area contributed by atoms with Crippen molar-refractivity contribution < 1.29 is 19.1 Å². The van der Waals surface area contributed by atoms with Gasteiger partial charge in [0.05, 0.1) is 26.0 Å². The van der Waals surface area contributed by atoms with Crippen LogP contribution in [0, 0.1) is 5.92 Å². The van der Waals surface area contributed by atoms with Gasteiger partial charge in [-0.1, -0.05) is 6.92 Å². The minimum atomic E-state index is 0.0316. The molecule has 0 spiro atoms. The second-order valence-electron chi connectivity index (χ2n) is 7.14. The van der Waals surface area contributed by atoms with Gasteiger partial charge >= 0.3 is 0 Å². The lowest BCUT2D eigenvalue weighted by Gasteiger charge is -2.38. The highest BCUT2D eigenvalue weighted by molar-refractivity contribution is 6.06. The van der Waals surface area contributed by atoms with Crippen LogP contribution in [0.15, 0.2) is 23.3 Å². The monoisotopic (exact) mass is 373 g/mol. The number of methoxy groups -OCH3 is 2.